The molecule has 1 aromatic carbocycles. The summed E-state index contributed by atoms with van der Waals surface area (Å²) in [6.07, 6.45) is 4.63. The summed E-state index contributed by atoms with van der Waals surface area (Å²) in [6.45, 7) is 5.23. The van der Waals surface area contributed by atoms with Gasteiger partial charge in [-0.1, -0.05) is 44.2 Å². The lowest BCUT2D eigenvalue weighted by atomic mass is 10.0. The van der Waals surface area contributed by atoms with Crippen LogP contribution in [0.1, 0.15) is 51.3 Å². The first kappa shape index (κ1) is 13.6. The standard InChI is InChI=1S/C17H24N2O/c1-3-14-16(20)19(12-17(4-2)10-11-17)15(18-14)13-8-6-5-7-9-13/h5-9,14-15,18H,3-4,10-12H2,1-2H3. The molecule has 0 bridgehead atoms. The normalized spacial score (nSPS) is 27.9. The van der Waals surface area contributed by atoms with E-state index in [4.69, 9.17) is 0 Å². The summed E-state index contributed by atoms with van der Waals surface area (Å²) in [7, 11) is 0. The van der Waals surface area contributed by atoms with Gasteiger partial charge in [0.1, 0.15) is 6.17 Å². The Labute approximate surface area is 121 Å². The Morgan fingerprint density at radius 1 is 1.25 bits per heavy atom. The van der Waals surface area contributed by atoms with Crippen molar-refractivity contribution in [2.45, 2.75) is 51.7 Å². The average molecular weight is 272 g/mol. The molecule has 1 aliphatic heterocycles. The number of amides is 1. The van der Waals surface area contributed by atoms with Gasteiger partial charge in [0.05, 0.1) is 6.04 Å². The van der Waals surface area contributed by atoms with Gasteiger partial charge >= 0.3 is 0 Å². The molecule has 0 radical (unpaired) electrons. The Bertz CT molecular complexity index is 481. The Morgan fingerprint density at radius 3 is 2.50 bits per heavy atom. The highest BCUT2D eigenvalue weighted by Crippen LogP contribution is 2.50. The van der Waals surface area contributed by atoms with Crippen molar-refractivity contribution in [3.63, 3.8) is 0 Å². The third-order valence-corrected chi connectivity index (χ3v) is 4.99. The minimum absolute atomic E-state index is 0.0205. The molecule has 1 amide bonds. The summed E-state index contributed by atoms with van der Waals surface area (Å²) in [5.74, 6) is 0.279. The van der Waals surface area contributed by atoms with Crippen molar-refractivity contribution in [2.75, 3.05) is 6.54 Å². The van der Waals surface area contributed by atoms with Crippen molar-refractivity contribution >= 4 is 5.91 Å². The number of rotatable bonds is 5. The molecule has 1 saturated carbocycles. The quantitative estimate of drug-likeness (QED) is 0.893. The fourth-order valence-electron chi connectivity index (χ4n) is 3.21. The van der Waals surface area contributed by atoms with E-state index in [-0.39, 0.29) is 18.1 Å². The summed E-state index contributed by atoms with van der Waals surface area (Å²) < 4.78 is 0. The molecule has 2 aliphatic rings. The highest BCUT2D eigenvalue weighted by atomic mass is 16.2. The van der Waals surface area contributed by atoms with Crippen LogP contribution in [0.15, 0.2) is 30.3 Å². The van der Waals surface area contributed by atoms with Gasteiger partial charge in [0.15, 0.2) is 0 Å². The molecule has 20 heavy (non-hydrogen) atoms. The van der Waals surface area contributed by atoms with Crippen LogP contribution in [0.25, 0.3) is 0 Å². The molecule has 3 rings (SSSR count). The largest absolute Gasteiger partial charge is 0.321 e. The first-order valence-electron chi connectivity index (χ1n) is 7.80. The highest BCUT2D eigenvalue weighted by molar-refractivity contribution is 5.84. The smallest absolute Gasteiger partial charge is 0.241 e. The second-order valence-electron chi connectivity index (χ2n) is 6.26. The maximum absolute atomic E-state index is 12.6. The van der Waals surface area contributed by atoms with E-state index in [1.54, 1.807) is 0 Å². The molecular weight excluding hydrogens is 248 g/mol. The monoisotopic (exact) mass is 272 g/mol. The minimum atomic E-state index is -0.0205. The zero-order chi connectivity index (χ0) is 14.2. The predicted octanol–water partition coefficient (Wildman–Crippen LogP) is 3.09. The molecule has 0 aromatic heterocycles. The zero-order valence-electron chi connectivity index (χ0n) is 12.4. The van der Waals surface area contributed by atoms with Gasteiger partial charge in [-0.05, 0) is 36.7 Å². The van der Waals surface area contributed by atoms with Gasteiger partial charge in [-0.3, -0.25) is 10.1 Å². The third-order valence-electron chi connectivity index (χ3n) is 4.99. The van der Waals surface area contributed by atoms with Gasteiger partial charge in [0.2, 0.25) is 5.91 Å². The second-order valence-corrected chi connectivity index (χ2v) is 6.26. The maximum atomic E-state index is 12.6. The van der Waals surface area contributed by atoms with Gasteiger partial charge in [0.25, 0.3) is 0 Å². The molecule has 2 atom stereocenters. The molecule has 2 fully saturated rings. The Morgan fingerprint density at radius 2 is 1.95 bits per heavy atom. The summed E-state index contributed by atoms with van der Waals surface area (Å²) in [4.78, 5) is 14.7. The van der Waals surface area contributed by atoms with E-state index in [0.717, 1.165) is 13.0 Å². The molecular formula is C17H24N2O. The zero-order valence-corrected chi connectivity index (χ0v) is 12.4. The second kappa shape index (κ2) is 5.21. The van der Waals surface area contributed by atoms with E-state index >= 15 is 0 Å². The van der Waals surface area contributed by atoms with E-state index in [0.29, 0.717) is 5.41 Å². The summed E-state index contributed by atoms with van der Waals surface area (Å²) in [5, 5.41) is 3.51. The van der Waals surface area contributed by atoms with Crippen LogP contribution in [0.4, 0.5) is 0 Å². The van der Waals surface area contributed by atoms with Crippen LogP contribution in [0, 0.1) is 5.41 Å². The average Bonchev–Trinajstić information content (AvgIpc) is 3.20. The predicted molar refractivity (Wildman–Crippen MR) is 80.1 cm³/mol. The summed E-state index contributed by atoms with van der Waals surface area (Å²) >= 11 is 0. The molecule has 3 heteroatoms. The van der Waals surface area contributed by atoms with E-state index in [1.807, 2.05) is 18.2 Å². The molecule has 1 N–H and O–H groups in total. The Balaban J connectivity index is 1.84. The fraction of sp³-hybridized carbons (Fsp3) is 0.588. The number of nitrogens with zero attached hydrogens (tertiary/aromatic N) is 1. The fourth-order valence-corrected chi connectivity index (χ4v) is 3.21. The molecule has 1 heterocycles. The lowest BCUT2D eigenvalue weighted by molar-refractivity contribution is -0.131. The van der Waals surface area contributed by atoms with Gasteiger partial charge in [-0.25, -0.2) is 0 Å². The van der Waals surface area contributed by atoms with E-state index < -0.39 is 0 Å². The summed E-state index contributed by atoms with van der Waals surface area (Å²) in [5.41, 5.74) is 1.59. The highest BCUT2D eigenvalue weighted by Gasteiger charge is 2.47. The van der Waals surface area contributed by atoms with Crippen molar-refractivity contribution in [3.05, 3.63) is 35.9 Å². The van der Waals surface area contributed by atoms with Crippen molar-refractivity contribution in [1.29, 1.82) is 0 Å². The van der Waals surface area contributed by atoms with Crippen LogP contribution >= 0.6 is 0 Å². The summed E-state index contributed by atoms with van der Waals surface area (Å²) in [6, 6.07) is 10.3. The van der Waals surface area contributed by atoms with Crippen LogP contribution in [0.3, 0.4) is 0 Å². The lowest BCUT2D eigenvalue weighted by Gasteiger charge is -2.28. The van der Waals surface area contributed by atoms with E-state index in [2.05, 4.69) is 36.2 Å². The van der Waals surface area contributed by atoms with Crippen LogP contribution in [0.2, 0.25) is 0 Å². The molecule has 3 nitrogen and oxygen atoms in total. The van der Waals surface area contributed by atoms with Gasteiger partial charge in [-0.15, -0.1) is 0 Å². The first-order valence-corrected chi connectivity index (χ1v) is 7.80. The topological polar surface area (TPSA) is 32.3 Å². The number of benzene rings is 1. The Kier molecular flexibility index (Phi) is 3.55. The van der Waals surface area contributed by atoms with Gasteiger partial charge < -0.3 is 4.90 Å². The van der Waals surface area contributed by atoms with Crippen LogP contribution in [0.5, 0.6) is 0 Å². The van der Waals surface area contributed by atoms with Crippen molar-refractivity contribution in [1.82, 2.24) is 10.2 Å². The molecule has 108 valence electrons. The molecule has 1 aliphatic carbocycles. The van der Waals surface area contributed by atoms with Crippen molar-refractivity contribution in [2.24, 2.45) is 5.41 Å². The van der Waals surface area contributed by atoms with Gasteiger partial charge in [-0.2, -0.15) is 0 Å². The number of hydrogen-bond donors (Lipinski definition) is 1. The van der Waals surface area contributed by atoms with E-state index in [1.165, 1.54) is 24.8 Å². The van der Waals surface area contributed by atoms with Gasteiger partial charge in [0, 0.05) is 6.54 Å². The van der Waals surface area contributed by atoms with E-state index in [9.17, 15) is 4.79 Å². The molecule has 1 aromatic rings. The lowest BCUT2D eigenvalue weighted by Crippen LogP contribution is -2.36. The number of hydrogen-bond acceptors (Lipinski definition) is 2. The molecule has 0 spiro atoms. The third kappa shape index (κ3) is 2.35. The number of nitrogens with one attached hydrogen (secondary N) is 1. The minimum Gasteiger partial charge on any atom is -0.321 e. The van der Waals surface area contributed by atoms with Crippen molar-refractivity contribution < 1.29 is 4.79 Å². The molecule has 2 unspecified atom stereocenters. The SMILES string of the molecule is CCC1NC(c2ccccc2)N(CC2(CC)CC2)C1=O. The first-order chi connectivity index (χ1) is 9.69. The Hall–Kier alpha value is -1.35. The number of carbonyl (C=O) groups is 1. The molecule has 1 saturated heterocycles. The number of carbonyl (C=O) groups excluding carboxylic acids is 1. The van der Waals surface area contributed by atoms with Crippen LogP contribution in [-0.2, 0) is 4.79 Å². The van der Waals surface area contributed by atoms with Crippen LogP contribution in [-0.4, -0.2) is 23.4 Å². The maximum Gasteiger partial charge on any atom is 0.241 e. The van der Waals surface area contributed by atoms with Crippen LogP contribution < -0.4 is 5.32 Å². The van der Waals surface area contributed by atoms with Crippen molar-refractivity contribution in [3.8, 4) is 0 Å².